The van der Waals surface area contributed by atoms with Gasteiger partial charge in [0.2, 0.25) is 0 Å². The summed E-state index contributed by atoms with van der Waals surface area (Å²) in [5.74, 6) is 0.634. The summed E-state index contributed by atoms with van der Waals surface area (Å²) in [4.78, 5) is 14.5. The van der Waals surface area contributed by atoms with Gasteiger partial charge < -0.3 is 9.21 Å². The smallest absolute Gasteiger partial charge is 0.198 e. The lowest BCUT2D eigenvalue weighted by Gasteiger charge is -1.97. The molecule has 0 unspecified atom stereocenters. The van der Waals surface area contributed by atoms with E-state index in [0.29, 0.717) is 24.4 Å². The van der Waals surface area contributed by atoms with Gasteiger partial charge in [-0.2, -0.15) is 0 Å². The lowest BCUT2D eigenvalue weighted by Crippen LogP contribution is -1.90. The topological polar surface area (TPSA) is 43.1 Å². The number of hydrogen-bond acceptors (Lipinski definition) is 3. The van der Waals surface area contributed by atoms with Crippen molar-refractivity contribution in [1.82, 2.24) is 4.98 Å². The number of benzene rings is 1. The van der Waals surface area contributed by atoms with Crippen LogP contribution < -0.4 is 0 Å². The van der Waals surface area contributed by atoms with Crippen LogP contribution in [0, 0.1) is 0 Å². The van der Waals surface area contributed by atoms with Crippen LogP contribution in [0.2, 0.25) is 0 Å². The van der Waals surface area contributed by atoms with E-state index in [1.54, 1.807) is 0 Å². The molecule has 0 radical (unpaired) electrons. The van der Waals surface area contributed by atoms with Crippen LogP contribution in [0.1, 0.15) is 17.1 Å². The Morgan fingerprint density at radius 2 is 2.31 bits per heavy atom. The van der Waals surface area contributed by atoms with Gasteiger partial charge in [-0.15, -0.1) is 0 Å². The van der Waals surface area contributed by atoms with Gasteiger partial charge in [-0.1, -0.05) is 28.1 Å². The van der Waals surface area contributed by atoms with E-state index in [1.165, 1.54) is 6.26 Å². The Morgan fingerprint density at radius 3 is 3.06 bits per heavy atom. The number of oxazole rings is 1. The number of nitrogens with zero attached hydrogens (tertiary/aromatic N) is 1. The third-order valence-electron chi connectivity index (χ3n) is 2.14. The van der Waals surface area contributed by atoms with Crippen molar-refractivity contribution in [1.29, 1.82) is 0 Å². The standard InChI is InChI=1S/C12H10BrNO2/c13-10-3-1-2-9(6-10)7-12-14-11(4-5-15)8-16-12/h1-3,5-6,8H,4,7H2. The van der Waals surface area contributed by atoms with E-state index >= 15 is 0 Å². The molecule has 0 amide bonds. The van der Waals surface area contributed by atoms with Gasteiger partial charge in [-0.05, 0) is 17.7 Å². The Labute approximate surface area is 102 Å². The molecule has 0 aliphatic heterocycles. The molecule has 16 heavy (non-hydrogen) atoms. The fraction of sp³-hybridized carbons (Fsp3) is 0.167. The molecule has 82 valence electrons. The number of rotatable bonds is 4. The van der Waals surface area contributed by atoms with E-state index in [0.717, 1.165) is 16.3 Å². The molecule has 0 aliphatic rings. The molecule has 3 nitrogen and oxygen atoms in total. The van der Waals surface area contributed by atoms with E-state index in [2.05, 4.69) is 20.9 Å². The quantitative estimate of drug-likeness (QED) is 0.809. The monoisotopic (exact) mass is 279 g/mol. The van der Waals surface area contributed by atoms with Crippen molar-refractivity contribution in [3.63, 3.8) is 0 Å². The van der Waals surface area contributed by atoms with Crippen LogP contribution in [0.25, 0.3) is 0 Å². The molecule has 0 saturated heterocycles. The Balaban J connectivity index is 2.11. The fourth-order valence-corrected chi connectivity index (χ4v) is 1.88. The van der Waals surface area contributed by atoms with Gasteiger partial charge in [0.15, 0.2) is 5.89 Å². The van der Waals surface area contributed by atoms with Crippen LogP contribution in [-0.2, 0) is 17.6 Å². The molecule has 0 N–H and O–H groups in total. The minimum absolute atomic E-state index is 0.308. The second-order valence-corrected chi connectivity index (χ2v) is 4.33. The van der Waals surface area contributed by atoms with Crippen molar-refractivity contribution >= 4 is 22.2 Å². The maximum Gasteiger partial charge on any atom is 0.198 e. The number of carbonyl (C=O) groups excluding carboxylic acids is 1. The van der Waals surface area contributed by atoms with Gasteiger partial charge in [0.1, 0.15) is 12.5 Å². The molecule has 0 fully saturated rings. The minimum atomic E-state index is 0.308. The first-order valence-electron chi connectivity index (χ1n) is 4.89. The van der Waals surface area contributed by atoms with Gasteiger partial charge in [-0.3, -0.25) is 0 Å². The van der Waals surface area contributed by atoms with Crippen LogP contribution in [-0.4, -0.2) is 11.3 Å². The molecule has 0 atom stereocenters. The van der Waals surface area contributed by atoms with Crippen LogP contribution in [0.5, 0.6) is 0 Å². The summed E-state index contributed by atoms with van der Waals surface area (Å²) in [6, 6.07) is 7.96. The van der Waals surface area contributed by atoms with Crippen molar-refractivity contribution in [2.24, 2.45) is 0 Å². The van der Waals surface area contributed by atoms with E-state index < -0.39 is 0 Å². The molecule has 2 rings (SSSR count). The molecule has 1 aromatic carbocycles. The summed E-state index contributed by atoms with van der Waals surface area (Å²) < 4.78 is 6.31. The van der Waals surface area contributed by atoms with Crippen molar-refractivity contribution in [2.75, 3.05) is 0 Å². The average Bonchev–Trinajstić information content (AvgIpc) is 2.66. The average molecular weight is 280 g/mol. The zero-order valence-electron chi connectivity index (χ0n) is 8.52. The van der Waals surface area contributed by atoms with Crippen LogP contribution >= 0.6 is 15.9 Å². The number of hydrogen-bond donors (Lipinski definition) is 0. The fourth-order valence-electron chi connectivity index (χ4n) is 1.43. The Bertz CT molecular complexity index is 493. The van der Waals surface area contributed by atoms with Gasteiger partial charge in [0.05, 0.1) is 5.69 Å². The zero-order chi connectivity index (χ0) is 11.4. The van der Waals surface area contributed by atoms with Crippen LogP contribution in [0.15, 0.2) is 39.4 Å². The van der Waals surface area contributed by atoms with Crippen LogP contribution in [0.4, 0.5) is 0 Å². The summed E-state index contributed by atoms with van der Waals surface area (Å²) >= 11 is 3.41. The van der Waals surface area contributed by atoms with Crippen molar-refractivity contribution in [3.05, 3.63) is 52.1 Å². The number of carbonyl (C=O) groups is 1. The first kappa shape index (κ1) is 11.1. The SMILES string of the molecule is O=CCc1coc(Cc2cccc(Br)c2)n1. The number of halogens is 1. The Hall–Kier alpha value is -1.42. The molecule has 4 heteroatoms. The highest BCUT2D eigenvalue weighted by atomic mass is 79.9. The molecular weight excluding hydrogens is 270 g/mol. The van der Waals surface area contributed by atoms with E-state index in [9.17, 15) is 4.79 Å². The molecule has 0 bridgehead atoms. The minimum Gasteiger partial charge on any atom is -0.448 e. The lowest BCUT2D eigenvalue weighted by atomic mass is 10.1. The van der Waals surface area contributed by atoms with Gasteiger partial charge in [0.25, 0.3) is 0 Å². The van der Waals surface area contributed by atoms with E-state index in [1.807, 2.05) is 24.3 Å². The molecule has 0 spiro atoms. The van der Waals surface area contributed by atoms with Gasteiger partial charge in [-0.25, -0.2) is 4.98 Å². The summed E-state index contributed by atoms with van der Waals surface area (Å²) in [6.07, 6.45) is 3.29. The van der Waals surface area contributed by atoms with Crippen molar-refractivity contribution < 1.29 is 9.21 Å². The zero-order valence-corrected chi connectivity index (χ0v) is 10.1. The Morgan fingerprint density at radius 1 is 1.44 bits per heavy atom. The molecule has 0 saturated carbocycles. The third kappa shape index (κ3) is 2.79. The molecule has 2 aromatic rings. The van der Waals surface area contributed by atoms with Crippen molar-refractivity contribution in [3.8, 4) is 0 Å². The predicted octanol–water partition coefficient (Wildman–Crippen LogP) is 2.77. The maximum absolute atomic E-state index is 10.3. The van der Waals surface area contributed by atoms with Crippen molar-refractivity contribution in [2.45, 2.75) is 12.8 Å². The van der Waals surface area contributed by atoms with E-state index in [4.69, 9.17) is 4.42 Å². The second-order valence-electron chi connectivity index (χ2n) is 3.41. The number of aromatic nitrogens is 1. The van der Waals surface area contributed by atoms with E-state index in [-0.39, 0.29) is 0 Å². The highest BCUT2D eigenvalue weighted by Gasteiger charge is 2.04. The highest BCUT2D eigenvalue weighted by Crippen LogP contribution is 2.15. The Kier molecular flexibility index (Phi) is 3.51. The first-order valence-corrected chi connectivity index (χ1v) is 5.68. The molecule has 1 aromatic heterocycles. The summed E-state index contributed by atoms with van der Waals surface area (Å²) in [7, 11) is 0. The van der Waals surface area contributed by atoms with Crippen LogP contribution in [0.3, 0.4) is 0 Å². The molecule has 0 aliphatic carbocycles. The number of aldehydes is 1. The largest absolute Gasteiger partial charge is 0.448 e. The molecular formula is C12H10BrNO2. The summed E-state index contributed by atoms with van der Waals surface area (Å²) in [6.45, 7) is 0. The highest BCUT2D eigenvalue weighted by molar-refractivity contribution is 9.10. The van der Waals surface area contributed by atoms with Gasteiger partial charge in [0, 0.05) is 17.3 Å². The summed E-state index contributed by atoms with van der Waals surface area (Å²) in [5.41, 5.74) is 1.80. The predicted molar refractivity (Wildman–Crippen MR) is 63.2 cm³/mol. The first-order chi connectivity index (χ1) is 7.78. The normalized spacial score (nSPS) is 10.3. The maximum atomic E-state index is 10.3. The third-order valence-corrected chi connectivity index (χ3v) is 2.63. The van der Waals surface area contributed by atoms with Gasteiger partial charge >= 0.3 is 0 Å². The second kappa shape index (κ2) is 5.07. The lowest BCUT2D eigenvalue weighted by molar-refractivity contribution is -0.107. The molecule has 1 heterocycles. The summed E-state index contributed by atoms with van der Waals surface area (Å²) in [5, 5.41) is 0.